The smallest absolute Gasteiger partial charge is 0.407 e. The molecule has 10 nitrogen and oxygen atoms in total. The molecule has 2 aromatic carbocycles. The molecule has 3 N–H and O–H groups in total. The summed E-state index contributed by atoms with van der Waals surface area (Å²) in [6.45, 7) is 1.64. The van der Waals surface area contributed by atoms with E-state index >= 15 is 0 Å². The minimum absolute atomic E-state index is 0.0446. The molecule has 1 aliphatic carbocycles. The number of carbonyl (C=O) groups is 2. The molecule has 1 saturated heterocycles. The summed E-state index contributed by atoms with van der Waals surface area (Å²) in [7, 11) is 0. The van der Waals surface area contributed by atoms with Crippen molar-refractivity contribution in [2.24, 2.45) is 5.92 Å². The lowest BCUT2D eigenvalue weighted by Crippen LogP contribution is -2.55. The lowest BCUT2D eigenvalue weighted by molar-refractivity contribution is -0.128. The summed E-state index contributed by atoms with van der Waals surface area (Å²) in [4.78, 5) is 42.9. The molecule has 43 heavy (non-hydrogen) atoms. The van der Waals surface area contributed by atoms with Crippen LogP contribution in [0.2, 0.25) is 0 Å². The predicted molar refractivity (Wildman–Crippen MR) is 166 cm³/mol. The van der Waals surface area contributed by atoms with E-state index in [1.807, 2.05) is 47.6 Å². The zero-order valence-electron chi connectivity index (χ0n) is 23.5. The molecule has 1 fully saturated rings. The van der Waals surface area contributed by atoms with Crippen molar-refractivity contribution in [1.29, 1.82) is 0 Å². The number of hydrogen-bond donors (Lipinski definition) is 3. The second kappa shape index (κ2) is 11.7. The molecule has 2 aliphatic heterocycles. The number of piperidine rings is 1. The van der Waals surface area contributed by atoms with Gasteiger partial charge in [0.2, 0.25) is 0 Å². The van der Waals surface area contributed by atoms with Crippen LogP contribution in [0.3, 0.4) is 0 Å². The maximum absolute atomic E-state index is 13.7. The first-order chi connectivity index (χ1) is 21.1. The van der Waals surface area contributed by atoms with Gasteiger partial charge in [-0.05, 0) is 34.7 Å². The molecular formula is C32H32N6O4S. The topological polar surface area (TPSA) is 124 Å². The zero-order valence-corrected chi connectivity index (χ0v) is 24.3. The third kappa shape index (κ3) is 5.23. The van der Waals surface area contributed by atoms with Crippen molar-refractivity contribution in [3.8, 4) is 11.1 Å². The molecule has 0 radical (unpaired) electrons. The van der Waals surface area contributed by atoms with Crippen molar-refractivity contribution in [1.82, 2.24) is 25.2 Å². The number of hydrogen-bond acceptors (Lipinski definition) is 8. The van der Waals surface area contributed by atoms with E-state index in [1.54, 1.807) is 4.90 Å². The van der Waals surface area contributed by atoms with Gasteiger partial charge in [0.05, 0.1) is 16.3 Å². The first-order valence-corrected chi connectivity index (χ1v) is 15.5. The summed E-state index contributed by atoms with van der Waals surface area (Å²) < 4.78 is 5.77. The van der Waals surface area contributed by atoms with Crippen LogP contribution in [0.25, 0.3) is 22.2 Å². The van der Waals surface area contributed by atoms with Crippen LogP contribution < -0.4 is 10.2 Å². The van der Waals surface area contributed by atoms with Gasteiger partial charge in [-0.3, -0.25) is 4.79 Å². The first-order valence-electron chi connectivity index (χ1n) is 14.5. The number of nitrogens with zero attached hydrogens (tertiary/aromatic N) is 4. The van der Waals surface area contributed by atoms with Crippen LogP contribution in [0.15, 0.2) is 78.2 Å². The number of fused-ring (bicyclic) bond motifs is 4. The average Bonchev–Trinajstić information content (AvgIpc) is 3.66. The number of aromatic amines is 1. The molecule has 2 aromatic heterocycles. The molecule has 0 bridgehead atoms. The minimum Gasteiger partial charge on any atom is -0.449 e. The minimum atomic E-state index is -0.545. The van der Waals surface area contributed by atoms with Gasteiger partial charge >= 0.3 is 6.09 Å². The fraction of sp³-hybridized carbons (Fsp3) is 0.312. The molecule has 7 rings (SSSR count). The number of alkyl carbamates (subject to hydrolysis) is 1. The standard InChI is InChI=1S/C32H32N6O4S/c39-17-20-10-12-38(31(40)28-16-37(13-14-43-28)30-25-9-11-33-29(25)34-19-35-30)15-27(20)36-32(41)42-18-26-23-7-3-1-5-21(23)22-6-2-4-8-24(22)26/h1-9,11,16,19-20,26-27,39H,10,12-15,17-18H2,(H,36,41)(H,33,34,35)/t20-,27-/m0/s1. The van der Waals surface area contributed by atoms with E-state index in [9.17, 15) is 14.7 Å². The Labute approximate surface area is 253 Å². The SMILES string of the molecule is O=C(N[C@H]1CN(C(=O)C2=CN(c3ncnc4[nH]ccc34)CCS2)CC[C@H]1CO)OCC1c2ccccc2-c2ccccc21. The van der Waals surface area contributed by atoms with Gasteiger partial charge < -0.3 is 29.9 Å². The number of aromatic nitrogens is 3. The maximum atomic E-state index is 13.7. The second-order valence-corrected chi connectivity index (χ2v) is 12.2. The number of thioether (sulfide) groups is 1. The Kier molecular flexibility index (Phi) is 7.50. The van der Waals surface area contributed by atoms with E-state index in [1.165, 1.54) is 29.2 Å². The summed E-state index contributed by atoms with van der Waals surface area (Å²) in [6.07, 6.45) is 5.24. The van der Waals surface area contributed by atoms with Crippen LogP contribution >= 0.6 is 11.8 Å². The quantitative estimate of drug-likeness (QED) is 0.304. The normalized spacial score (nSPS) is 20.0. The van der Waals surface area contributed by atoms with Gasteiger partial charge in [0.25, 0.3) is 5.91 Å². The number of likely N-dealkylation sites (tertiary alicyclic amines) is 1. The molecule has 2 atom stereocenters. The third-order valence-electron chi connectivity index (χ3n) is 8.60. The number of H-pyrrole nitrogens is 1. The molecule has 2 amide bonds. The van der Waals surface area contributed by atoms with Crippen LogP contribution in [-0.2, 0) is 9.53 Å². The zero-order chi connectivity index (χ0) is 29.3. The van der Waals surface area contributed by atoms with Crippen LogP contribution in [0, 0.1) is 5.92 Å². The number of benzene rings is 2. The summed E-state index contributed by atoms with van der Waals surface area (Å²) in [6, 6.07) is 17.9. The Bertz CT molecular complexity index is 1660. The molecule has 0 unspecified atom stereocenters. The van der Waals surface area contributed by atoms with Crippen molar-refractivity contribution in [2.75, 3.05) is 43.5 Å². The maximum Gasteiger partial charge on any atom is 0.407 e. The third-order valence-corrected chi connectivity index (χ3v) is 9.58. The number of nitrogens with one attached hydrogen (secondary N) is 2. The van der Waals surface area contributed by atoms with E-state index in [0.717, 1.165) is 40.3 Å². The highest BCUT2D eigenvalue weighted by atomic mass is 32.2. The second-order valence-electron chi connectivity index (χ2n) is 11.0. The number of amides is 2. The van der Waals surface area contributed by atoms with Gasteiger partial charge in [0.1, 0.15) is 24.4 Å². The van der Waals surface area contributed by atoms with Crippen LogP contribution in [0.4, 0.5) is 10.6 Å². The van der Waals surface area contributed by atoms with Crippen LogP contribution in [0.1, 0.15) is 23.5 Å². The number of ether oxygens (including phenoxy) is 1. The summed E-state index contributed by atoms with van der Waals surface area (Å²) in [5.41, 5.74) is 5.37. The molecule has 11 heteroatoms. The van der Waals surface area contributed by atoms with Gasteiger partial charge in [-0.1, -0.05) is 48.5 Å². The number of carbonyl (C=O) groups excluding carboxylic acids is 2. The number of anilines is 1. The number of aliphatic hydroxyl groups excluding tert-OH is 1. The summed E-state index contributed by atoms with van der Waals surface area (Å²) in [5.74, 6) is 1.19. The molecule has 3 aliphatic rings. The van der Waals surface area contributed by atoms with E-state index < -0.39 is 12.1 Å². The van der Waals surface area contributed by atoms with E-state index in [-0.39, 0.29) is 31.0 Å². The largest absolute Gasteiger partial charge is 0.449 e. The Morgan fingerprint density at radius 3 is 2.58 bits per heavy atom. The monoisotopic (exact) mass is 596 g/mol. The summed E-state index contributed by atoms with van der Waals surface area (Å²) >= 11 is 1.52. The Balaban J connectivity index is 1.02. The Hall–Kier alpha value is -4.35. The van der Waals surface area contributed by atoms with Gasteiger partial charge in [-0.2, -0.15) is 0 Å². The predicted octanol–water partition coefficient (Wildman–Crippen LogP) is 4.10. The molecule has 0 saturated carbocycles. The van der Waals surface area contributed by atoms with E-state index in [4.69, 9.17) is 4.74 Å². The molecular weight excluding hydrogens is 564 g/mol. The van der Waals surface area contributed by atoms with Crippen LogP contribution in [0.5, 0.6) is 0 Å². The number of rotatable bonds is 6. The molecule has 220 valence electrons. The average molecular weight is 597 g/mol. The lowest BCUT2D eigenvalue weighted by Gasteiger charge is -2.38. The van der Waals surface area contributed by atoms with Crippen molar-refractivity contribution < 1.29 is 19.4 Å². The Morgan fingerprint density at radius 1 is 1.05 bits per heavy atom. The lowest BCUT2D eigenvalue weighted by atomic mass is 9.92. The fourth-order valence-corrected chi connectivity index (χ4v) is 7.35. The van der Waals surface area contributed by atoms with Crippen molar-refractivity contribution in [2.45, 2.75) is 18.4 Å². The van der Waals surface area contributed by atoms with E-state index in [2.05, 4.69) is 44.5 Å². The van der Waals surface area contributed by atoms with Gasteiger partial charge in [0.15, 0.2) is 0 Å². The van der Waals surface area contributed by atoms with Gasteiger partial charge in [-0.25, -0.2) is 14.8 Å². The molecule has 0 spiro atoms. The van der Waals surface area contributed by atoms with Crippen molar-refractivity contribution in [3.05, 3.63) is 89.4 Å². The Morgan fingerprint density at radius 2 is 1.81 bits per heavy atom. The first kappa shape index (κ1) is 27.5. The molecule has 4 heterocycles. The van der Waals surface area contributed by atoms with Gasteiger partial charge in [-0.15, -0.1) is 11.8 Å². The van der Waals surface area contributed by atoms with Gasteiger partial charge in [0, 0.05) is 56.2 Å². The van der Waals surface area contributed by atoms with Crippen LogP contribution in [-0.4, -0.2) is 81.6 Å². The highest BCUT2D eigenvalue weighted by Gasteiger charge is 2.35. The highest BCUT2D eigenvalue weighted by Crippen LogP contribution is 2.44. The van der Waals surface area contributed by atoms with Crippen molar-refractivity contribution >= 4 is 40.6 Å². The fourth-order valence-electron chi connectivity index (χ4n) is 6.38. The van der Waals surface area contributed by atoms with Crippen molar-refractivity contribution in [3.63, 3.8) is 0 Å². The van der Waals surface area contributed by atoms with E-state index in [0.29, 0.717) is 24.4 Å². The molecule has 4 aromatic rings. The number of aliphatic hydroxyl groups is 1. The highest BCUT2D eigenvalue weighted by molar-refractivity contribution is 8.04. The summed E-state index contributed by atoms with van der Waals surface area (Å²) in [5, 5.41) is 13.9.